The van der Waals surface area contributed by atoms with Crippen LogP contribution in [0.25, 0.3) is 0 Å². The Morgan fingerprint density at radius 1 is 1.33 bits per heavy atom. The zero-order chi connectivity index (χ0) is 17.0. The van der Waals surface area contributed by atoms with Gasteiger partial charge in [-0.25, -0.2) is 9.97 Å². The quantitative estimate of drug-likeness (QED) is 0.840. The minimum Gasteiger partial charge on any atom is -0.386 e. The first-order valence-electron chi connectivity index (χ1n) is 8.01. The van der Waals surface area contributed by atoms with Gasteiger partial charge in [-0.15, -0.1) is 0 Å². The second kappa shape index (κ2) is 6.96. The highest BCUT2D eigenvalue weighted by atomic mass is 16.3. The van der Waals surface area contributed by atoms with Crippen LogP contribution in [-0.2, 0) is 11.3 Å². The first-order valence-corrected chi connectivity index (χ1v) is 8.01. The van der Waals surface area contributed by atoms with Gasteiger partial charge in [0.25, 0.3) is 0 Å². The molecule has 1 aliphatic rings. The van der Waals surface area contributed by atoms with Crippen LogP contribution in [0.3, 0.4) is 0 Å². The number of likely N-dealkylation sites (N-methyl/N-ethyl adjacent to an activating group) is 1. The third kappa shape index (κ3) is 3.88. The number of hydrogen-bond donors (Lipinski definition) is 1. The Balaban J connectivity index is 1.61. The summed E-state index contributed by atoms with van der Waals surface area (Å²) in [5, 5.41) is 15.0. The van der Waals surface area contributed by atoms with E-state index >= 15 is 0 Å². The zero-order valence-electron chi connectivity index (χ0n) is 13.7. The molecule has 3 heterocycles. The van der Waals surface area contributed by atoms with Gasteiger partial charge in [0.15, 0.2) is 0 Å². The number of β-amino-alcohol motifs (C(OH)–C–C–N with tert-alkyl or cyclic N) is 1. The molecule has 128 valence electrons. The molecule has 1 fully saturated rings. The van der Waals surface area contributed by atoms with Crippen molar-refractivity contribution in [2.24, 2.45) is 0 Å². The Bertz CT molecular complexity index is 662. The Kier molecular flexibility index (Phi) is 4.75. The van der Waals surface area contributed by atoms with Crippen molar-refractivity contribution in [1.82, 2.24) is 24.6 Å². The summed E-state index contributed by atoms with van der Waals surface area (Å²) in [6, 6.07) is 3.54. The van der Waals surface area contributed by atoms with Crippen LogP contribution in [0.15, 0.2) is 36.9 Å². The average Bonchev–Trinajstić information content (AvgIpc) is 3.08. The molecule has 0 aliphatic carbocycles. The molecule has 1 atom stereocenters. The lowest BCUT2D eigenvalue weighted by molar-refractivity contribution is -0.134. The van der Waals surface area contributed by atoms with Crippen molar-refractivity contribution in [2.75, 3.05) is 31.6 Å². The van der Waals surface area contributed by atoms with E-state index in [0.717, 1.165) is 13.0 Å². The molecule has 8 nitrogen and oxygen atoms in total. The van der Waals surface area contributed by atoms with Gasteiger partial charge in [0.1, 0.15) is 6.54 Å². The molecule has 1 aliphatic heterocycles. The number of aliphatic hydroxyl groups is 1. The van der Waals surface area contributed by atoms with E-state index in [1.165, 1.54) is 0 Å². The van der Waals surface area contributed by atoms with Gasteiger partial charge in [-0.2, -0.15) is 5.10 Å². The molecule has 24 heavy (non-hydrogen) atoms. The molecular formula is C16H22N6O2. The summed E-state index contributed by atoms with van der Waals surface area (Å²) >= 11 is 0. The molecule has 3 rings (SSSR count). The van der Waals surface area contributed by atoms with Crippen LogP contribution >= 0.6 is 0 Å². The number of nitrogens with zero attached hydrogens (tertiary/aromatic N) is 6. The van der Waals surface area contributed by atoms with Crippen molar-refractivity contribution >= 4 is 11.9 Å². The monoisotopic (exact) mass is 330 g/mol. The maximum Gasteiger partial charge on any atom is 0.244 e. The number of hydrogen-bond acceptors (Lipinski definition) is 6. The molecular weight excluding hydrogens is 308 g/mol. The minimum atomic E-state index is -0.966. The topological polar surface area (TPSA) is 87.4 Å². The Morgan fingerprint density at radius 3 is 2.83 bits per heavy atom. The molecule has 1 saturated heterocycles. The van der Waals surface area contributed by atoms with Gasteiger partial charge in [0.2, 0.25) is 11.9 Å². The van der Waals surface area contributed by atoms with Gasteiger partial charge < -0.3 is 14.9 Å². The molecule has 0 aromatic carbocycles. The molecule has 8 heteroatoms. The predicted octanol–water partition coefficient (Wildman–Crippen LogP) is 0.163. The van der Waals surface area contributed by atoms with Crippen molar-refractivity contribution in [3.63, 3.8) is 0 Å². The van der Waals surface area contributed by atoms with Crippen LogP contribution in [0.5, 0.6) is 0 Å². The summed E-state index contributed by atoms with van der Waals surface area (Å²) < 4.78 is 1.58. The van der Waals surface area contributed by atoms with Crippen molar-refractivity contribution in [1.29, 1.82) is 0 Å². The Labute approximate surface area is 140 Å². The molecule has 1 amide bonds. The van der Waals surface area contributed by atoms with Gasteiger partial charge >= 0.3 is 0 Å². The number of rotatable bonds is 5. The Morgan fingerprint density at radius 2 is 2.12 bits per heavy atom. The van der Waals surface area contributed by atoms with Gasteiger partial charge in [-0.1, -0.05) is 0 Å². The largest absolute Gasteiger partial charge is 0.386 e. The number of anilines is 1. The lowest BCUT2D eigenvalue weighted by Gasteiger charge is -2.41. The van der Waals surface area contributed by atoms with Crippen molar-refractivity contribution in [3.8, 4) is 0 Å². The SMILES string of the molecule is CN(C[C@]1(O)CCCN(c2ncccn2)C1)C(=O)Cn1cccn1. The van der Waals surface area contributed by atoms with Crippen LogP contribution in [0, 0.1) is 0 Å². The summed E-state index contributed by atoms with van der Waals surface area (Å²) in [6.45, 7) is 1.66. The van der Waals surface area contributed by atoms with E-state index < -0.39 is 5.60 Å². The van der Waals surface area contributed by atoms with Crippen LogP contribution in [0.2, 0.25) is 0 Å². The second-order valence-electron chi connectivity index (χ2n) is 6.25. The molecule has 0 bridgehead atoms. The normalized spacial score (nSPS) is 20.8. The van der Waals surface area contributed by atoms with Crippen molar-refractivity contribution in [2.45, 2.75) is 25.0 Å². The summed E-state index contributed by atoms with van der Waals surface area (Å²) in [7, 11) is 1.71. The fraction of sp³-hybridized carbons (Fsp3) is 0.500. The smallest absolute Gasteiger partial charge is 0.244 e. The highest BCUT2D eigenvalue weighted by Gasteiger charge is 2.36. The lowest BCUT2D eigenvalue weighted by Crippen LogP contribution is -2.55. The third-order valence-electron chi connectivity index (χ3n) is 4.20. The van der Waals surface area contributed by atoms with Gasteiger partial charge in [-0.05, 0) is 25.0 Å². The summed E-state index contributed by atoms with van der Waals surface area (Å²) in [5.41, 5.74) is -0.966. The minimum absolute atomic E-state index is 0.0831. The maximum absolute atomic E-state index is 12.3. The molecule has 1 N–H and O–H groups in total. The molecule has 2 aromatic heterocycles. The van der Waals surface area contributed by atoms with E-state index in [1.807, 2.05) is 4.90 Å². The Hall–Kier alpha value is -2.48. The van der Waals surface area contributed by atoms with E-state index in [2.05, 4.69) is 15.1 Å². The summed E-state index contributed by atoms with van der Waals surface area (Å²) in [6.07, 6.45) is 8.24. The average molecular weight is 330 g/mol. The highest BCUT2D eigenvalue weighted by molar-refractivity contribution is 5.75. The van der Waals surface area contributed by atoms with Crippen LogP contribution in [0.4, 0.5) is 5.95 Å². The lowest BCUT2D eigenvalue weighted by atomic mass is 9.92. The summed E-state index contributed by atoms with van der Waals surface area (Å²) in [4.78, 5) is 24.3. The van der Waals surface area contributed by atoms with E-state index in [0.29, 0.717) is 18.9 Å². The third-order valence-corrected chi connectivity index (χ3v) is 4.20. The zero-order valence-corrected chi connectivity index (χ0v) is 13.7. The molecule has 0 radical (unpaired) electrons. The first-order chi connectivity index (χ1) is 11.6. The van der Waals surface area contributed by atoms with Gasteiger partial charge in [0.05, 0.1) is 18.7 Å². The summed E-state index contributed by atoms with van der Waals surface area (Å²) in [5.74, 6) is 0.529. The maximum atomic E-state index is 12.3. The number of amides is 1. The predicted molar refractivity (Wildman–Crippen MR) is 88.3 cm³/mol. The fourth-order valence-electron chi connectivity index (χ4n) is 3.05. The second-order valence-corrected chi connectivity index (χ2v) is 6.25. The van der Waals surface area contributed by atoms with Crippen LogP contribution in [0.1, 0.15) is 12.8 Å². The first kappa shape index (κ1) is 16.4. The van der Waals surface area contributed by atoms with E-state index in [1.54, 1.807) is 53.5 Å². The van der Waals surface area contributed by atoms with Crippen molar-refractivity contribution in [3.05, 3.63) is 36.9 Å². The molecule has 0 saturated carbocycles. The molecule has 0 spiro atoms. The van der Waals surface area contributed by atoms with E-state index in [-0.39, 0.29) is 19.0 Å². The number of carbonyl (C=O) groups excluding carboxylic acids is 1. The number of aromatic nitrogens is 4. The molecule has 2 aromatic rings. The fourth-order valence-corrected chi connectivity index (χ4v) is 3.05. The highest BCUT2D eigenvalue weighted by Crippen LogP contribution is 2.24. The van der Waals surface area contributed by atoms with Gasteiger partial charge in [0, 0.05) is 38.4 Å². The standard InChI is InChI=1S/C16H22N6O2/c1-20(14(23)11-22-10-4-8-19-22)12-16(24)5-2-9-21(13-16)15-17-6-3-7-18-15/h3-4,6-8,10,24H,2,5,9,11-13H2,1H3/t16-/m1/s1. The van der Waals surface area contributed by atoms with E-state index in [4.69, 9.17) is 0 Å². The van der Waals surface area contributed by atoms with E-state index in [9.17, 15) is 9.90 Å². The van der Waals surface area contributed by atoms with Crippen molar-refractivity contribution < 1.29 is 9.90 Å². The van der Waals surface area contributed by atoms with Gasteiger partial charge in [-0.3, -0.25) is 9.48 Å². The van der Waals surface area contributed by atoms with Crippen LogP contribution < -0.4 is 4.90 Å². The number of carbonyl (C=O) groups is 1. The number of piperidine rings is 1. The van der Waals surface area contributed by atoms with Crippen LogP contribution in [-0.4, -0.2) is 67.9 Å². The molecule has 0 unspecified atom stereocenters.